The lowest BCUT2D eigenvalue weighted by Crippen LogP contribution is -2.45. The molecule has 0 bridgehead atoms. The van der Waals surface area contributed by atoms with Gasteiger partial charge in [0.15, 0.2) is 6.07 Å². The van der Waals surface area contributed by atoms with Crippen molar-refractivity contribution < 1.29 is 14.3 Å². The second-order valence-corrected chi connectivity index (χ2v) is 7.89. The van der Waals surface area contributed by atoms with Crippen molar-refractivity contribution in [2.45, 2.75) is 44.2 Å². The summed E-state index contributed by atoms with van der Waals surface area (Å²) in [4.78, 5) is 37.1. The van der Waals surface area contributed by atoms with E-state index >= 15 is 0 Å². The maximum absolute atomic E-state index is 13.2. The third kappa shape index (κ3) is 5.76. The van der Waals surface area contributed by atoms with Gasteiger partial charge < -0.3 is 19.9 Å². The molecule has 3 rings (SSSR count). The normalized spacial score (nSPS) is 20.2. The van der Waals surface area contributed by atoms with Gasteiger partial charge in [-0.05, 0) is 44.2 Å². The Labute approximate surface area is 188 Å². The number of nitrogens with one attached hydrogen (secondary N) is 1. The summed E-state index contributed by atoms with van der Waals surface area (Å²) in [5, 5.41) is 12.5. The Bertz CT molecular complexity index is 928. The van der Waals surface area contributed by atoms with Crippen LogP contribution >= 0.6 is 0 Å². The van der Waals surface area contributed by atoms with Gasteiger partial charge in [0.05, 0.1) is 13.7 Å². The molecule has 1 N–H and O–H groups in total. The number of aliphatic imine (C=N–C) groups is 1. The fourth-order valence-corrected chi connectivity index (χ4v) is 3.93. The summed E-state index contributed by atoms with van der Waals surface area (Å²) >= 11 is 0. The standard InChI is InChI=1S/C23H28N6O3/c1-25-20(15-24)22(26-17-8-7-9-18(14-17)32-2)27-19-10-3-4-13-29(23(19)31)16-21(30)28-11-5-6-12-28/h7-9,14,19-20H,3-6,10-13,16H2,2H3,(H,26,27). The number of carbonyl (C=O) groups excluding carboxylic acids is 2. The number of methoxy groups -OCH3 is 1. The molecule has 2 saturated heterocycles. The second-order valence-electron chi connectivity index (χ2n) is 7.89. The smallest absolute Gasteiger partial charge is 0.363 e. The molecule has 2 heterocycles. The van der Waals surface area contributed by atoms with Gasteiger partial charge in [-0.3, -0.25) is 19.4 Å². The molecule has 0 aliphatic carbocycles. The van der Waals surface area contributed by atoms with Gasteiger partial charge >= 0.3 is 6.04 Å². The van der Waals surface area contributed by atoms with Crippen LogP contribution in [0.1, 0.15) is 32.1 Å². The lowest BCUT2D eigenvalue weighted by atomic mass is 10.1. The third-order valence-electron chi connectivity index (χ3n) is 5.68. The largest absolute Gasteiger partial charge is 0.497 e. The number of benzene rings is 1. The molecule has 2 fully saturated rings. The van der Waals surface area contributed by atoms with Crippen molar-refractivity contribution in [1.82, 2.24) is 9.80 Å². The van der Waals surface area contributed by atoms with Crippen LogP contribution in [0.25, 0.3) is 4.85 Å². The van der Waals surface area contributed by atoms with Gasteiger partial charge in [0.25, 0.3) is 0 Å². The minimum absolute atomic E-state index is 0.0359. The average molecular weight is 437 g/mol. The lowest BCUT2D eigenvalue weighted by molar-refractivity contribution is -0.140. The SMILES string of the molecule is [C-]#[N+]C(C#N)C(=NC1CCCCN(CC(=O)N2CCCC2)C1=O)Nc1cccc(OC)c1. The van der Waals surface area contributed by atoms with Gasteiger partial charge in [-0.2, -0.15) is 5.26 Å². The third-order valence-corrected chi connectivity index (χ3v) is 5.68. The maximum Gasteiger partial charge on any atom is 0.363 e. The Morgan fingerprint density at radius 1 is 1.34 bits per heavy atom. The van der Waals surface area contributed by atoms with Crippen LogP contribution in [0.4, 0.5) is 5.69 Å². The molecule has 168 valence electrons. The van der Waals surface area contributed by atoms with Gasteiger partial charge in [-0.15, -0.1) is 0 Å². The van der Waals surface area contributed by atoms with Gasteiger partial charge in [-0.25, -0.2) is 6.57 Å². The molecule has 9 nitrogen and oxygen atoms in total. The summed E-state index contributed by atoms with van der Waals surface area (Å²) in [7, 11) is 1.55. The van der Waals surface area contributed by atoms with Crippen molar-refractivity contribution >= 4 is 23.3 Å². The van der Waals surface area contributed by atoms with Crippen LogP contribution in [0.5, 0.6) is 5.75 Å². The van der Waals surface area contributed by atoms with E-state index in [9.17, 15) is 14.9 Å². The molecule has 0 radical (unpaired) electrons. The zero-order valence-electron chi connectivity index (χ0n) is 18.3. The summed E-state index contributed by atoms with van der Waals surface area (Å²) in [5.74, 6) is 0.470. The second kappa shape index (κ2) is 11.1. The van der Waals surface area contributed by atoms with Crippen LogP contribution in [0.15, 0.2) is 29.3 Å². The summed E-state index contributed by atoms with van der Waals surface area (Å²) in [5.41, 5.74) is 0.606. The van der Waals surface area contributed by atoms with E-state index in [-0.39, 0.29) is 24.2 Å². The van der Waals surface area contributed by atoms with Crippen molar-refractivity contribution in [3.8, 4) is 11.8 Å². The molecule has 2 atom stereocenters. The van der Waals surface area contributed by atoms with Gasteiger partial charge in [-0.1, -0.05) is 6.07 Å². The number of amides is 2. The Hall–Kier alpha value is -3.59. The zero-order valence-corrected chi connectivity index (χ0v) is 18.3. The highest BCUT2D eigenvalue weighted by atomic mass is 16.5. The van der Waals surface area contributed by atoms with E-state index in [1.54, 1.807) is 41.2 Å². The summed E-state index contributed by atoms with van der Waals surface area (Å²) in [6, 6.07) is 7.08. The van der Waals surface area contributed by atoms with E-state index < -0.39 is 12.1 Å². The minimum atomic E-state index is -1.17. The first-order valence-electron chi connectivity index (χ1n) is 10.9. The molecule has 2 aliphatic heterocycles. The molecular formula is C23H28N6O3. The van der Waals surface area contributed by atoms with Gasteiger partial charge in [0.2, 0.25) is 17.6 Å². The Morgan fingerprint density at radius 3 is 2.78 bits per heavy atom. The first-order valence-corrected chi connectivity index (χ1v) is 10.9. The van der Waals surface area contributed by atoms with E-state index in [1.165, 1.54) is 0 Å². The maximum atomic E-state index is 13.2. The predicted octanol–water partition coefficient (Wildman–Crippen LogP) is 2.32. The number of hydrogen-bond acceptors (Lipinski definition) is 5. The van der Waals surface area contributed by atoms with Crippen LogP contribution in [-0.2, 0) is 9.59 Å². The fourth-order valence-electron chi connectivity index (χ4n) is 3.93. The summed E-state index contributed by atoms with van der Waals surface area (Å²) < 4.78 is 5.22. The molecule has 0 saturated carbocycles. The topological polar surface area (TPSA) is 102 Å². The molecule has 1 aromatic carbocycles. The number of ether oxygens (including phenoxy) is 1. The van der Waals surface area contributed by atoms with Crippen LogP contribution in [0.3, 0.4) is 0 Å². The molecule has 0 spiro atoms. The van der Waals surface area contributed by atoms with Crippen LogP contribution in [0, 0.1) is 17.9 Å². The number of nitrogens with zero attached hydrogens (tertiary/aromatic N) is 5. The first-order chi connectivity index (χ1) is 15.5. The number of likely N-dealkylation sites (tertiary alicyclic amines) is 2. The monoisotopic (exact) mass is 436 g/mol. The molecular weight excluding hydrogens is 408 g/mol. The highest BCUT2D eigenvalue weighted by Gasteiger charge is 2.32. The van der Waals surface area contributed by atoms with Crippen molar-refractivity contribution in [2.24, 2.45) is 4.99 Å². The van der Waals surface area contributed by atoms with Crippen molar-refractivity contribution in [3.05, 3.63) is 35.7 Å². The highest BCUT2D eigenvalue weighted by molar-refractivity contribution is 6.03. The molecule has 32 heavy (non-hydrogen) atoms. The van der Waals surface area contributed by atoms with E-state index in [0.29, 0.717) is 24.4 Å². The Balaban J connectivity index is 1.81. The number of amidine groups is 1. The number of carbonyl (C=O) groups is 2. The van der Waals surface area contributed by atoms with Crippen molar-refractivity contribution in [2.75, 3.05) is 38.6 Å². The number of hydrogen-bond donors (Lipinski definition) is 1. The van der Waals surface area contributed by atoms with Crippen molar-refractivity contribution in [3.63, 3.8) is 0 Å². The average Bonchev–Trinajstić information content (AvgIpc) is 3.30. The molecule has 9 heteroatoms. The molecule has 2 unspecified atom stereocenters. The van der Waals surface area contributed by atoms with E-state index in [1.807, 2.05) is 6.07 Å². The molecule has 2 aliphatic rings. The molecule has 2 amide bonds. The quantitative estimate of drug-likeness (QED) is 0.419. The van der Waals surface area contributed by atoms with Crippen molar-refractivity contribution in [1.29, 1.82) is 5.26 Å². The van der Waals surface area contributed by atoms with Crippen LogP contribution in [0.2, 0.25) is 0 Å². The minimum Gasteiger partial charge on any atom is -0.497 e. The van der Waals surface area contributed by atoms with Crippen LogP contribution < -0.4 is 10.1 Å². The fraction of sp³-hybridized carbons (Fsp3) is 0.522. The molecule has 1 aromatic rings. The number of anilines is 1. The molecule has 0 aromatic heterocycles. The van der Waals surface area contributed by atoms with Gasteiger partial charge in [0.1, 0.15) is 11.8 Å². The summed E-state index contributed by atoms with van der Waals surface area (Å²) in [6.07, 6.45) is 4.06. The van der Waals surface area contributed by atoms with E-state index in [0.717, 1.165) is 38.8 Å². The van der Waals surface area contributed by atoms with Crippen LogP contribution in [-0.4, -0.2) is 72.8 Å². The van der Waals surface area contributed by atoms with E-state index in [4.69, 9.17) is 11.3 Å². The Morgan fingerprint density at radius 2 is 2.09 bits per heavy atom. The van der Waals surface area contributed by atoms with E-state index in [2.05, 4.69) is 15.2 Å². The highest BCUT2D eigenvalue weighted by Crippen LogP contribution is 2.20. The zero-order chi connectivity index (χ0) is 22.9. The number of nitriles is 1. The van der Waals surface area contributed by atoms with Gasteiger partial charge in [0, 0.05) is 31.4 Å². The number of rotatable bonds is 6. The predicted molar refractivity (Wildman–Crippen MR) is 120 cm³/mol. The summed E-state index contributed by atoms with van der Waals surface area (Å²) in [6.45, 7) is 9.43. The first kappa shape index (κ1) is 23.1. The Kier molecular flexibility index (Phi) is 8.04. The lowest BCUT2D eigenvalue weighted by Gasteiger charge is -2.25.